The van der Waals surface area contributed by atoms with Crippen LogP contribution >= 0.6 is 15.9 Å². The Kier molecular flexibility index (Phi) is 5.43. The summed E-state index contributed by atoms with van der Waals surface area (Å²) < 4.78 is 32.6. The number of amides is 2. The molecular formula is C18H15BrF2N2O4. The molecule has 1 aliphatic rings. The van der Waals surface area contributed by atoms with Gasteiger partial charge >= 0.3 is 6.09 Å². The van der Waals surface area contributed by atoms with Gasteiger partial charge in [-0.05, 0) is 29.8 Å². The maximum atomic E-state index is 13.9. The summed E-state index contributed by atoms with van der Waals surface area (Å²) in [5.74, 6) is -5.15. The molecule has 1 atom stereocenters. The van der Waals surface area contributed by atoms with Crippen LogP contribution in [-0.2, 0) is 16.1 Å². The van der Waals surface area contributed by atoms with Crippen molar-refractivity contribution >= 4 is 33.6 Å². The van der Waals surface area contributed by atoms with Crippen molar-refractivity contribution in [3.63, 3.8) is 0 Å². The summed E-state index contributed by atoms with van der Waals surface area (Å²) >= 11 is 3.31. The lowest BCUT2D eigenvalue weighted by molar-refractivity contribution is -0.175. The van der Waals surface area contributed by atoms with Gasteiger partial charge in [-0.2, -0.15) is 0 Å². The monoisotopic (exact) mass is 440 g/mol. The fraction of sp³-hybridized carbons (Fsp3) is 0.222. The van der Waals surface area contributed by atoms with Gasteiger partial charge in [0.1, 0.15) is 11.6 Å². The first-order valence-electron chi connectivity index (χ1n) is 7.99. The molecule has 2 amide bonds. The lowest BCUT2D eigenvalue weighted by atomic mass is 10.2. The van der Waals surface area contributed by atoms with Gasteiger partial charge in [-0.3, -0.25) is 4.79 Å². The summed E-state index contributed by atoms with van der Waals surface area (Å²) in [7, 11) is 0. The first-order valence-corrected chi connectivity index (χ1v) is 8.78. The number of hydrogen-bond acceptors (Lipinski definition) is 4. The van der Waals surface area contributed by atoms with Crippen LogP contribution in [-0.4, -0.2) is 29.4 Å². The van der Waals surface area contributed by atoms with E-state index in [0.717, 1.165) is 27.1 Å². The van der Waals surface area contributed by atoms with E-state index in [0.29, 0.717) is 6.07 Å². The van der Waals surface area contributed by atoms with Gasteiger partial charge in [0, 0.05) is 30.0 Å². The summed E-state index contributed by atoms with van der Waals surface area (Å²) in [4.78, 5) is 25.3. The van der Waals surface area contributed by atoms with E-state index >= 15 is 0 Å². The third-order valence-electron chi connectivity index (χ3n) is 4.04. The molecule has 2 aromatic rings. The largest absolute Gasteiger partial charge is 0.410 e. The molecule has 3 rings (SSSR count). The van der Waals surface area contributed by atoms with Gasteiger partial charge in [0.15, 0.2) is 0 Å². The van der Waals surface area contributed by atoms with Crippen molar-refractivity contribution in [1.29, 1.82) is 0 Å². The van der Waals surface area contributed by atoms with Crippen molar-refractivity contribution in [3.8, 4) is 0 Å². The molecule has 0 unspecified atom stereocenters. The number of anilines is 1. The van der Waals surface area contributed by atoms with E-state index < -0.39 is 29.4 Å². The molecule has 0 bridgehead atoms. The van der Waals surface area contributed by atoms with Crippen LogP contribution in [0.25, 0.3) is 0 Å². The van der Waals surface area contributed by atoms with E-state index in [2.05, 4.69) is 21.2 Å². The summed E-state index contributed by atoms with van der Waals surface area (Å²) in [6.07, 6.45) is -1.24. The standard InChI is InChI=1S/C18H15BrF2N2O4/c19-12-3-1-2-11(8-12)10-22-17(25)27-18(26)6-7-23(16(18)24)15-5-4-13(20)9-14(15)21/h1-5,8-9,26H,6-7,10H2,(H,22,25)/t18-/m0/s1. The second kappa shape index (κ2) is 7.61. The number of carbonyl (C=O) groups excluding carboxylic acids is 2. The Labute approximate surface area is 161 Å². The Bertz CT molecular complexity index is 895. The van der Waals surface area contributed by atoms with Gasteiger partial charge in [0.05, 0.1) is 5.69 Å². The van der Waals surface area contributed by atoms with Crippen molar-refractivity contribution in [1.82, 2.24) is 5.32 Å². The Morgan fingerprint density at radius 1 is 1.30 bits per heavy atom. The second-order valence-corrected chi connectivity index (χ2v) is 6.88. The quantitative estimate of drug-likeness (QED) is 0.716. The zero-order valence-corrected chi connectivity index (χ0v) is 15.5. The Balaban J connectivity index is 1.64. The fourth-order valence-electron chi connectivity index (χ4n) is 2.72. The highest BCUT2D eigenvalue weighted by atomic mass is 79.9. The van der Waals surface area contributed by atoms with Gasteiger partial charge in [-0.1, -0.05) is 28.1 Å². The highest BCUT2D eigenvalue weighted by Gasteiger charge is 2.50. The predicted octanol–water partition coefficient (Wildman–Crippen LogP) is 3.08. The minimum absolute atomic E-state index is 0.0865. The highest BCUT2D eigenvalue weighted by Crippen LogP contribution is 2.31. The van der Waals surface area contributed by atoms with Crippen LogP contribution in [0.3, 0.4) is 0 Å². The number of alkyl carbamates (subject to hydrolysis) is 1. The third kappa shape index (κ3) is 4.25. The third-order valence-corrected chi connectivity index (χ3v) is 4.53. The van der Waals surface area contributed by atoms with Crippen LogP contribution in [0.15, 0.2) is 46.9 Å². The lowest BCUT2D eigenvalue weighted by Crippen LogP contribution is -2.46. The molecule has 1 saturated heterocycles. The minimum Gasteiger partial charge on any atom is -0.407 e. The summed E-state index contributed by atoms with van der Waals surface area (Å²) in [5, 5.41) is 12.8. The van der Waals surface area contributed by atoms with E-state index in [1.807, 2.05) is 6.07 Å². The zero-order valence-electron chi connectivity index (χ0n) is 13.9. The second-order valence-electron chi connectivity index (χ2n) is 5.96. The van der Waals surface area contributed by atoms with Crippen LogP contribution in [0, 0.1) is 11.6 Å². The number of rotatable bonds is 4. The van der Waals surface area contributed by atoms with Crippen molar-refractivity contribution in [2.45, 2.75) is 18.8 Å². The van der Waals surface area contributed by atoms with Crippen LogP contribution in [0.2, 0.25) is 0 Å². The van der Waals surface area contributed by atoms with Crippen molar-refractivity contribution in [2.24, 2.45) is 0 Å². The SMILES string of the molecule is O=C(NCc1cccc(Br)c1)O[C@@]1(O)CCN(c2ccc(F)cc2F)C1=O. The van der Waals surface area contributed by atoms with Gasteiger partial charge in [-0.25, -0.2) is 13.6 Å². The predicted molar refractivity (Wildman–Crippen MR) is 95.7 cm³/mol. The van der Waals surface area contributed by atoms with E-state index in [1.54, 1.807) is 18.2 Å². The molecule has 2 N–H and O–H groups in total. The number of nitrogens with one attached hydrogen (secondary N) is 1. The van der Waals surface area contributed by atoms with Crippen LogP contribution in [0.1, 0.15) is 12.0 Å². The Hall–Kier alpha value is -2.52. The molecule has 9 heteroatoms. The molecule has 0 aromatic heterocycles. The van der Waals surface area contributed by atoms with Gasteiger partial charge < -0.3 is 20.1 Å². The number of aliphatic hydroxyl groups is 1. The molecule has 142 valence electrons. The fourth-order valence-corrected chi connectivity index (χ4v) is 3.16. The molecule has 27 heavy (non-hydrogen) atoms. The van der Waals surface area contributed by atoms with Gasteiger partial charge in [0.25, 0.3) is 11.7 Å². The van der Waals surface area contributed by atoms with Crippen LogP contribution < -0.4 is 10.2 Å². The Morgan fingerprint density at radius 2 is 2.07 bits per heavy atom. The number of nitrogens with zero attached hydrogens (tertiary/aromatic N) is 1. The van der Waals surface area contributed by atoms with Crippen LogP contribution in [0.5, 0.6) is 0 Å². The van der Waals surface area contributed by atoms with E-state index in [-0.39, 0.29) is 25.2 Å². The Morgan fingerprint density at radius 3 is 2.78 bits per heavy atom. The van der Waals surface area contributed by atoms with E-state index in [1.165, 1.54) is 0 Å². The molecule has 1 heterocycles. The van der Waals surface area contributed by atoms with E-state index in [4.69, 9.17) is 4.74 Å². The average Bonchev–Trinajstić information content (AvgIpc) is 2.88. The summed E-state index contributed by atoms with van der Waals surface area (Å²) in [5.41, 5.74) is 0.580. The molecule has 1 aliphatic heterocycles. The van der Waals surface area contributed by atoms with Crippen LogP contribution in [0.4, 0.5) is 19.3 Å². The topological polar surface area (TPSA) is 78.9 Å². The number of carbonyl (C=O) groups is 2. The minimum atomic E-state index is -2.41. The van der Waals surface area contributed by atoms with Crippen molar-refractivity contribution in [3.05, 3.63) is 64.1 Å². The number of benzene rings is 2. The zero-order chi connectivity index (χ0) is 19.6. The maximum Gasteiger partial charge on any atom is 0.410 e. The first kappa shape index (κ1) is 19.2. The first-order chi connectivity index (χ1) is 12.8. The molecule has 0 aliphatic carbocycles. The number of hydrogen-bond donors (Lipinski definition) is 2. The highest BCUT2D eigenvalue weighted by molar-refractivity contribution is 9.10. The molecule has 0 radical (unpaired) electrons. The number of ether oxygens (including phenoxy) is 1. The van der Waals surface area contributed by atoms with Gasteiger partial charge in [-0.15, -0.1) is 0 Å². The summed E-state index contributed by atoms with van der Waals surface area (Å²) in [6, 6.07) is 9.89. The molecule has 1 fully saturated rings. The molecule has 0 saturated carbocycles. The van der Waals surface area contributed by atoms with Crippen molar-refractivity contribution in [2.75, 3.05) is 11.4 Å². The smallest absolute Gasteiger partial charge is 0.407 e. The molecular weight excluding hydrogens is 426 g/mol. The lowest BCUT2D eigenvalue weighted by Gasteiger charge is -2.22. The molecule has 6 nitrogen and oxygen atoms in total. The summed E-state index contributed by atoms with van der Waals surface area (Å²) in [6.45, 7) is 0.0373. The normalized spacial score (nSPS) is 19.3. The number of halogens is 3. The molecule has 2 aromatic carbocycles. The van der Waals surface area contributed by atoms with Crippen molar-refractivity contribution < 1.29 is 28.2 Å². The van der Waals surface area contributed by atoms with E-state index in [9.17, 15) is 23.5 Å². The molecule has 0 spiro atoms. The maximum absolute atomic E-state index is 13.9. The average molecular weight is 441 g/mol. The van der Waals surface area contributed by atoms with Gasteiger partial charge in [0.2, 0.25) is 0 Å².